The smallest absolute Gasteiger partial charge is 0.265 e. The average molecular weight is 519 g/mol. The fraction of sp³-hybridized carbons (Fsp3) is 0.533. The normalized spacial score (nSPS) is 33.9. The maximum absolute atomic E-state index is 13.8. The summed E-state index contributed by atoms with van der Waals surface area (Å²) in [6, 6.07) is 7.82. The number of phenolic OH excluding ortho intramolecular Hbond substituents is 1. The van der Waals surface area contributed by atoms with E-state index in [1.807, 2.05) is 13.0 Å². The number of amides is 2. The van der Waals surface area contributed by atoms with E-state index < -0.39 is 29.1 Å². The van der Waals surface area contributed by atoms with Crippen LogP contribution in [0.25, 0.3) is 0 Å². The number of benzene rings is 2. The minimum absolute atomic E-state index is 0.0209. The summed E-state index contributed by atoms with van der Waals surface area (Å²) in [5, 5.41) is 23.6. The molecule has 0 radical (unpaired) electrons. The molecule has 2 aromatic rings. The molecule has 0 unspecified atom stereocenters. The Hall–Kier alpha value is -3.10. The number of aromatic hydroxyl groups is 1. The molecule has 2 N–H and O–H groups in total. The van der Waals surface area contributed by atoms with Crippen LogP contribution >= 0.6 is 0 Å². The number of carbonyl (C=O) groups is 2. The van der Waals surface area contributed by atoms with Crippen LogP contribution < -0.4 is 9.47 Å². The van der Waals surface area contributed by atoms with E-state index in [0.29, 0.717) is 42.2 Å². The molecule has 0 bridgehead atoms. The van der Waals surface area contributed by atoms with Crippen molar-refractivity contribution in [1.82, 2.24) is 9.80 Å². The van der Waals surface area contributed by atoms with Crippen molar-refractivity contribution in [1.29, 1.82) is 0 Å². The number of phenols is 1. The molecule has 1 saturated heterocycles. The number of hydrogen-bond acceptors (Lipinski definition) is 7. The van der Waals surface area contributed by atoms with E-state index in [0.717, 1.165) is 24.2 Å². The minimum atomic E-state index is -1.15. The SMILES string of the molecule is COc1cccc2c1C(=O)N([C@@H]1CC[C@@]3(O)[C@@H](C)N(CC4CC4)CC[C@@]34c3c(C)ccc(O)c3O[C@@H]14)C2=O. The summed E-state index contributed by atoms with van der Waals surface area (Å²) >= 11 is 0. The van der Waals surface area contributed by atoms with Crippen molar-refractivity contribution in [3.05, 3.63) is 52.6 Å². The third kappa shape index (κ3) is 2.88. The van der Waals surface area contributed by atoms with Crippen molar-refractivity contribution in [2.45, 2.75) is 75.2 Å². The summed E-state index contributed by atoms with van der Waals surface area (Å²) in [5.74, 6) is 0.692. The van der Waals surface area contributed by atoms with E-state index in [-0.39, 0.29) is 23.3 Å². The average Bonchev–Trinajstić information content (AvgIpc) is 3.60. The zero-order valence-electron chi connectivity index (χ0n) is 22.1. The Bertz CT molecular complexity index is 1370. The van der Waals surface area contributed by atoms with Gasteiger partial charge in [-0.2, -0.15) is 0 Å². The number of ether oxygens (including phenoxy) is 2. The lowest BCUT2D eigenvalue weighted by atomic mass is 9.51. The molecule has 200 valence electrons. The quantitative estimate of drug-likeness (QED) is 0.599. The van der Waals surface area contributed by atoms with Gasteiger partial charge in [0.15, 0.2) is 11.5 Å². The molecule has 38 heavy (non-hydrogen) atoms. The first-order valence-electron chi connectivity index (χ1n) is 13.7. The van der Waals surface area contributed by atoms with Crippen LogP contribution in [-0.4, -0.2) is 75.8 Å². The lowest BCUT2D eigenvalue weighted by Gasteiger charge is -2.62. The van der Waals surface area contributed by atoms with Crippen molar-refractivity contribution in [3.8, 4) is 17.2 Å². The van der Waals surface area contributed by atoms with Gasteiger partial charge in [-0.05, 0) is 82.2 Å². The Morgan fingerprint density at radius 2 is 1.89 bits per heavy atom. The molecule has 7 rings (SSSR count). The molecule has 0 aromatic heterocycles. The van der Waals surface area contributed by atoms with Gasteiger partial charge in [0.2, 0.25) is 0 Å². The van der Waals surface area contributed by atoms with Gasteiger partial charge in [0.25, 0.3) is 11.8 Å². The van der Waals surface area contributed by atoms with E-state index in [9.17, 15) is 19.8 Å². The van der Waals surface area contributed by atoms with Crippen LogP contribution in [0.5, 0.6) is 17.2 Å². The molecule has 2 aromatic carbocycles. The Balaban J connectivity index is 1.36. The molecule has 2 amide bonds. The van der Waals surface area contributed by atoms with Gasteiger partial charge < -0.3 is 19.7 Å². The summed E-state index contributed by atoms with van der Waals surface area (Å²) in [5.41, 5.74) is 0.338. The Morgan fingerprint density at radius 1 is 1.11 bits per heavy atom. The Kier molecular flexibility index (Phi) is 5.02. The number of aryl methyl sites for hydroxylation is 1. The molecule has 5 aliphatic rings. The van der Waals surface area contributed by atoms with Gasteiger partial charge in [0, 0.05) is 18.2 Å². The summed E-state index contributed by atoms with van der Waals surface area (Å²) in [6.07, 6.45) is 3.23. The van der Waals surface area contributed by atoms with E-state index in [2.05, 4.69) is 11.8 Å². The molecular formula is C30H34N2O6. The van der Waals surface area contributed by atoms with Crippen LogP contribution in [0.15, 0.2) is 30.3 Å². The second-order valence-electron chi connectivity index (χ2n) is 11.9. The lowest BCUT2D eigenvalue weighted by molar-refractivity contribution is -0.187. The first-order chi connectivity index (χ1) is 18.2. The van der Waals surface area contributed by atoms with Crippen molar-refractivity contribution in [2.75, 3.05) is 20.2 Å². The fourth-order valence-electron chi connectivity index (χ4n) is 8.10. The zero-order valence-corrected chi connectivity index (χ0v) is 22.1. The fourth-order valence-corrected chi connectivity index (χ4v) is 8.10. The van der Waals surface area contributed by atoms with Gasteiger partial charge in [-0.3, -0.25) is 19.4 Å². The number of hydrogen-bond donors (Lipinski definition) is 2. The lowest BCUT2D eigenvalue weighted by Crippen LogP contribution is -2.76. The second-order valence-corrected chi connectivity index (χ2v) is 11.9. The van der Waals surface area contributed by atoms with Crippen molar-refractivity contribution >= 4 is 11.8 Å². The first-order valence-corrected chi connectivity index (χ1v) is 13.7. The number of likely N-dealkylation sites (tertiary alicyclic amines) is 1. The summed E-state index contributed by atoms with van der Waals surface area (Å²) in [7, 11) is 1.49. The van der Waals surface area contributed by atoms with Crippen LogP contribution in [0, 0.1) is 12.8 Å². The van der Waals surface area contributed by atoms with Crippen LogP contribution in [0.4, 0.5) is 0 Å². The minimum Gasteiger partial charge on any atom is -0.504 e. The van der Waals surface area contributed by atoms with Crippen LogP contribution in [-0.2, 0) is 5.41 Å². The summed E-state index contributed by atoms with van der Waals surface area (Å²) in [6.45, 7) is 5.83. The standard InChI is InChI=1S/C30H34N2O6/c1-16-7-10-21(33)25-24(16)29-13-14-31(15-18-8-9-18)17(2)30(29,36)12-11-20(26(29)38-25)32-27(34)19-5-4-6-22(37-3)23(19)28(32)35/h4-7,10,17-18,20,26,33,36H,8-9,11-15H2,1-3H3/t17-,20-,26+,29+,30-/m1/s1. The topological polar surface area (TPSA) is 99.5 Å². The van der Waals surface area contributed by atoms with Crippen molar-refractivity contribution < 1.29 is 29.3 Å². The largest absolute Gasteiger partial charge is 0.504 e. The van der Waals surface area contributed by atoms with Gasteiger partial charge in [-0.1, -0.05) is 12.1 Å². The zero-order chi connectivity index (χ0) is 26.6. The molecule has 8 nitrogen and oxygen atoms in total. The van der Waals surface area contributed by atoms with Gasteiger partial charge in [-0.15, -0.1) is 0 Å². The van der Waals surface area contributed by atoms with E-state index >= 15 is 0 Å². The van der Waals surface area contributed by atoms with Gasteiger partial charge in [0.1, 0.15) is 11.9 Å². The van der Waals surface area contributed by atoms with E-state index in [1.165, 1.54) is 24.9 Å². The summed E-state index contributed by atoms with van der Waals surface area (Å²) < 4.78 is 12.0. The molecule has 3 aliphatic heterocycles. The van der Waals surface area contributed by atoms with Gasteiger partial charge >= 0.3 is 0 Å². The maximum atomic E-state index is 13.8. The van der Waals surface area contributed by atoms with Crippen LogP contribution in [0.3, 0.4) is 0 Å². The van der Waals surface area contributed by atoms with Crippen molar-refractivity contribution in [3.63, 3.8) is 0 Å². The molecule has 3 heterocycles. The second kappa shape index (κ2) is 7.96. The predicted molar refractivity (Wildman–Crippen MR) is 139 cm³/mol. The predicted octanol–water partition coefficient (Wildman–Crippen LogP) is 3.40. The highest BCUT2D eigenvalue weighted by molar-refractivity contribution is 6.23. The number of rotatable bonds is 4. The molecule has 2 saturated carbocycles. The highest BCUT2D eigenvalue weighted by Crippen LogP contribution is 2.63. The molecule has 5 atom stereocenters. The monoisotopic (exact) mass is 518 g/mol. The molecule has 2 aliphatic carbocycles. The molecule has 8 heteroatoms. The number of imide groups is 1. The number of piperidine rings is 1. The van der Waals surface area contributed by atoms with Crippen molar-refractivity contribution in [2.24, 2.45) is 5.92 Å². The highest BCUT2D eigenvalue weighted by atomic mass is 16.5. The van der Waals surface area contributed by atoms with Gasteiger partial charge in [-0.25, -0.2) is 0 Å². The highest BCUT2D eigenvalue weighted by Gasteiger charge is 2.71. The third-order valence-corrected chi connectivity index (χ3v) is 10.1. The molecule has 1 spiro atoms. The Morgan fingerprint density at radius 3 is 2.63 bits per heavy atom. The number of carbonyl (C=O) groups excluding carboxylic acids is 2. The molecular weight excluding hydrogens is 484 g/mol. The summed E-state index contributed by atoms with van der Waals surface area (Å²) in [4.78, 5) is 31.3. The molecule has 3 fully saturated rings. The number of fused-ring (bicyclic) bond motifs is 2. The maximum Gasteiger partial charge on any atom is 0.265 e. The number of aliphatic hydroxyl groups is 1. The number of nitrogens with zero attached hydrogens (tertiary/aromatic N) is 2. The van der Waals surface area contributed by atoms with E-state index in [1.54, 1.807) is 24.3 Å². The number of methoxy groups -OCH3 is 1. The van der Waals surface area contributed by atoms with Crippen LogP contribution in [0.1, 0.15) is 70.9 Å². The van der Waals surface area contributed by atoms with Crippen LogP contribution in [0.2, 0.25) is 0 Å². The Labute approximate surface area is 222 Å². The van der Waals surface area contributed by atoms with E-state index in [4.69, 9.17) is 9.47 Å². The first kappa shape index (κ1) is 24.0. The van der Waals surface area contributed by atoms with Gasteiger partial charge in [0.05, 0.1) is 35.3 Å². The third-order valence-electron chi connectivity index (χ3n) is 10.1.